The second-order valence-corrected chi connectivity index (χ2v) is 4.84. The molecule has 4 nitrogen and oxygen atoms in total. The molecule has 0 aliphatic carbocycles. The summed E-state index contributed by atoms with van der Waals surface area (Å²) >= 11 is 0. The minimum atomic E-state index is -0.534. The summed E-state index contributed by atoms with van der Waals surface area (Å²) < 4.78 is 5.72. The first kappa shape index (κ1) is 14.9. The standard InChI is InChI=1S/C17H20N2O2/c1-3-16(21-13-8-5-4-6-9-13)17(20)19-15-11-7-10-14(18)12(15)2/h4-11,16H,3,18H2,1-2H3,(H,19,20)/t16-/m1/s1. The lowest BCUT2D eigenvalue weighted by Gasteiger charge is -2.18. The van der Waals surface area contributed by atoms with E-state index in [9.17, 15) is 4.79 Å². The summed E-state index contributed by atoms with van der Waals surface area (Å²) in [6.45, 7) is 3.79. The molecule has 110 valence electrons. The van der Waals surface area contributed by atoms with Crippen LogP contribution in [-0.2, 0) is 4.79 Å². The quantitative estimate of drug-likeness (QED) is 0.827. The predicted molar refractivity (Wildman–Crippen MR) is 85.4 cm³/mol. The van der Waals surface area contributed by atoms with Crippen LogP contribution in [0, 0.1) is 6.92 Å². The summed E-state index contributed by atoms with van der Waals surface area (Å²) in [4.78, 5) is 12.3. The number of ether oxygens (including phenoxy) is 1. The van der Waals surface area contributed by atoms with Crippen LogP contribution in [-0.4, -0.2) is 12.0 Å². The van der Waals surface area contributed by atoms with Crippen molar-refractivity contribution in [3.8, 4) is 5.75 Å². The van der Waals surface area contributed by atoms with Gasteiger partial charge in [-0.15, -0.1) is 0 Å². The number of hydrogen-bond donors (Lipinski definition) is 2. The van der Waals surface area contributed by atoms with E-state index in [-0.39, 0.29) is 5.91 Å². The fourth-order valence-electron chi connectivity index (χ4n) is 1.99. The lowest BCUT2D eigenvalue weighted by molar-refractivity contribution is -0.122. The largest absolute Gasteiger partial charge is 0.481 e. The Morgan fingerprint density at radius 3 is 2.57 bits per heavy atom. The molecule has 2 aromatic rings. The van der Waals surface area contributed by atoms with E-state index in [2.05, 4.69) is 5.32 Å². The highest BCUT2D eigenvalue weighted by Gasteiger charge is 2.19. The van der Waals surface area contributed by atoms with Crippen LogP contribution >= 0.6 is 0 Å². The smallest absolute Gasteiger partial charge is 0.265 e. The Balaban J connectivity index is 2.08. The number of nitrogens with two attached hydrogens (primary N) is 1. The van der Waals surface area contributed by atoms with E-state index in [0.717, 1.165) is 11.3 Å². The molecule has 0 heterocycles. The molecule has 0 spiro atoms. The normalized spacial score (nSPS) is 11.7. The molecule has 0 saturated heterocycles. The number of amides is 1. The minimum Gasteiger partial charge on any atom is -0.481 e. The molecule has 1 amide bonds. The van der Waals surface area contributed by atoms with Crippen LogP contribution in [0.15, 0.2) is 48.5 Å². The molecule has 2 rings (SSSR count). The van der Waals surface area contributed by atoms with Gasteiger partial charge in [0.2, 0.25) is 0 Å². The van der Waals surface area contributed by atoms with Crippen molar-refractivity contribution in [2.75, 3.05) is 11.1 Å². The lowest BCUT2D eigenvalue weighted by Crippen LogP contribution is -2.32. The van der Waals surface area contributed by atoms with Crippen molar-refractivity contribution in [3.63, 3.8) is 0 Å². The van der Waals surface area contributed by atoms with Crippen molar-refractivity contribution in [3.05, 3.63) is 54.1 Å². The molecular weight excluding hydrogens is 264 g/mol. The fourth-order valence-corrected chi connectivity index (χ4v) is 1.99. The maximum absolute atomic E-state index is 12.3. The average molecular weight is 284 g/mol. The van der Waals surface area contributed by atoms with Gasteiger partial charge in [-0.1, -0.05) is 31.2 Å². The third-order valence-electron chi connectivity index (χ3n) is 3.32. The Hall–Kier alpha value is -2.49. The molecule has 0 radical (unpaired) electrons. The Morgan fingerprint density at radius 2 is 1.90 bits per heavy atom. The number of nitrogen functional groups attached to an aromatic ring is 1. The highest BCUT2D eigenvalue weighted by Crippen LogP contribution is 2.21. The first-order valence-corrected chi connectivity index (χ1v) is 6.99. The van der Waals surface area contributed by atoms with Gasteiger partial charge in [-0.3, -0.25) is 4.79 Å². The van der Waals surface area contributed by atoms with E-state index in [0.29, 0.717) is 17.9 Å². The van der Waals surface area contributed by atoms with Gasteiger partial charge in [0, 0.05) is 11.4 Å². The van der Waals surface area contributed by atoms with Crippen LogP contribution in [0.3, 0.4) is 0 Å². The summed E-state index contributed by atoms with van der Waals surface area (Å²) in [5.74, 6) is 0.513. The molecular formula is C17H20N2O2. The molecule has 1 atom stereocenters. The molecule has 0 saturated carbocycles. The van der Waals surface area contributed by atoms with Gasteiger partial charge in [0.1, 0.15) is 5.75 Å². The van der Waals surface area contributed by atoms with Gasteiger partial charge >= 0.3 is 0 Å². The van der Waals surface area contributed by atoms with Crippen LogP contribution in [0.25, 0.3) is 0 Å². The molecule has 0 aliphatic rings. The number of nitrogens with one attached hydrogen (secondary N) is 1. The third kappa shape index (κ3) is 3.75. The van der Waals surface area contributed by atoms with Crippen LogP contribution in [0.4, 0.5) is 11.4 Å². The summed E-state index contributed by atoms with van der Waals surface area (Å²) in [6.07, 6.45) is 0.0514. The molecule has 0 aliphatic heterocycles. The van der Waals surface area contributed by atoms with Gasteiger partial charge in [-0.25, -0.2) is 0 Å². The first-order valence-electron chi connectivity index (χ1n) is 6.99. The van der Waals surface area contributed by atoms with Crippen molar-refractivity contribution in [1.29, 1.82) is 0 Å². The summed E-state index contributed by atoms with van der Waals surface area (Å²) in [7, 11) is 0. The van der Waals surface area contributed by atoms with E-state index >= 15 is 0 Å². The Labute approximate surface area is 124 Å². The minimum absolute atomic E-state index is 0.171. The number of benzene rings is 2. The fraction of sp³-hybridized carbons (Fsp3) is 0.235. The first-order chi connectivity index (χ1) is 10.1. The van der Waals surface area contributed by atoms with E-state index in [1.165, 1.54) is 0 Å². The van der Waals surface area contributed by atoms with Crippen LogP contribution in [0.5, 0.6) is 5.75 Å². The van der Waals surface area contributed by atoms with Gasteiger partial charge < -0.3 is 15.8 Å². The Bertz CT molecular complexity index is 611. The average Bonchev–Trinajstić information content (AvgIpc) is 2.50. The van der Waals surface area contributed by atoms with Crippen molar-refractivity contribution in [2.45, 2.75) is 26.4 Å². The maximum atomic E-state index is 12.3. The van der Waals surface area contributed by atoms with Gasteiger partial charge in [-0.05, 0) is 43.2 Å². The van der Waals surface area contributed by atoms with Crippen molar-refractivity contribution in [2.24, 2.45) is 0 Å². The zero-order valence-electron chi connectivity index (χ0n) is 12.3. The van der Waals surface area contributed by atoms with Gasteiger partial charge in [0.25, 0.3) is 5.91 Å². The van der Waals surface area contributed by atoms with E-state index < -0.39 is 6.10 Å². The predicted octanol–water partition coefficient (Wildman–Crippen LogP) is 3.37. The van der Waals surface area contributed by atoms with Crippen molar-refractivity contribution in [1.82, 2.24) is 0 Å². The molecule has 2 aromatic carbocycles. The maximum Gasteiger partial charge on any atom is 0.265 e. The van der Waals surface area contributed by atoms with E-state index in [1.807, 2.05) is 62.4 Å². The molecule has 4 heteroatoms. The van der Waals surface area contributed by atoms with Crippen LogP contribution < -0.4 is 15.8 Å². The third-order valence-corrected chi connectivity index (χ3v) is 3.32. The van der Waals surface area contributed by atoms with Gasteiger partial charge in [0.05, 0.1) is 0 Å². The number of hydrogen-bond acceptors (Lipinski definition) is 3. The number of carbonyl (C=O) groups is 1. The summed E-state index contributed by atoms with van der Waals surface area (Å²) in [6, 6.07) is 14.8. The highest BCUT2D eigenvalue weighted by molar-refractivity contribution is 5.95. The topological polar surface area (TPSA) is 64.3 Å². The van der Waals surface area contributed by atoms with E-state index in [4.69, 9.17) is 10.5 Å². The van der Waals surface area contributed by atoms with E-state index in [1.54, 1.807) is 0 Å². The zero-order chi connectivity index (χ0) is 15.2. The number of anilines is 2. The second-order valence-electron chi connectivity index (χ2n) is 4.84. The lowest BCUT2D eigenvalue weighted by atomic mass is 10.1. The summed E-state index contributed by atoms with van der Waals surface area (Å²) in [5, 5.41) is 2.88. The molecule has 0 bridgehead atoms. The monoisotopic (exact) mass is 284 g/mol. The van der Waals surface area contributed by atoms with Crippen molar-refractivity contribution < 1.29 is 9.53 Å². The summed E-state index contributed by atoms with van der Waals surface area (Å²) in [5.41, 5.74) is 8.08. The molecule has 21 heavy (non-hydrogen) atoms. The van der Waals surface area contributed by atoms with Crippen molar-refractivity contribution >= 4 is 17.3 Å². The number of rotatable bonds is 5. The molecule has 0 aromatic heterocycles. The highest BCUT2D eigenvalue weighted by atomic mass is 16.5. The van der Waals surface area contributed by atoms with Crippen LogP contribution in [0.1, 0.15) is 18.9 Å². The van der Waals surface area contributed by atoms with Gasteiger partial charge in [-0.2, -0.15) is 0 Å². The Morgan fingerprint density at radius 1 is 1.19 bits per heavy atom. The molecule has 0 unspecified atom stereocenters. The molecule has 0 fully saturated rings. The molecule has 3 N–H and O–H groups in total. The Kier molecular flexibility index (Phi) is 4.82. The SMILES string of the molecule is CC[C@@H](Oc1ccccc1)C(=O)Nc1cccc(N)c1C. The second kappa shape index (κ2) is 6.79. The van der Waals surface area contributed by atoms with Crippen LogP contribution in [0.2, 0.25) is 0 Å². The van der Waals surface area contributed by atoms with Gasteiger partial charge in [0.15, 0.2) is 6.10 Å². The zero-order valence-corrected chi connectivity index (χ0v) is 12.3. The number of para-hydroxylation sites is 1. The number of carbonyl (C=O) groups excluding carboxylic acids is 1.